The zero-order valence-electron chi connectivity index (χ0n) is 9.36. The maximum atomic E-state index is 13.3. The van der Waals surface area contributed by atoms with Crippen LogP contribution in [-0.2, 0) is 5.88 Å². The Labute approximate surface area is 109 Å². The van der Waals surface area contributed by atoms with E-state index in [2.05, 4.69) is 10.3 Å². The minimum atomic E-state index is -0.646. The molecule has 0 unspecified atom stereocenters. The van der Waals surface area contributed by atoms with Crippen molar-refractivity contribution in [1.29, 1.82) is 0 Å². The SMILES string of the molecule is O=C(Nc1ccc(CCl)cc1)c1ccncc1F. The standard InChI is InChI=1S/C13H10ClFN2O/c14-7-9-1-3-10(4-2-9)17-13(18)11-5-6-16-8-12(11)15/h1-6,8H,7H2,(H,17,18). The molecule has 2 aromatic rings. The summed E-state index contributed by atoms with van der Waals surface area (Å²) >= 11 is 5.66. The monoisotopic (exact) mass is 264 g/mol. The van der Waals surface area contributed by atoms with E-state index in [4.69, 9.17) is 11.6 Å². The first-order chi connectivity index (χ1) is 8.70. The maximum absolute atomic E-state index is 13.3. The number of pyridine rings is 1. The molecule has 0 spiro atoms. The van der Waals surface area contributed by atoms with Gasteiger partial charge in [0, 0.05) is 17.8 Å². The van der Waals surface area contributed by atoms with Gasteiger partial charge in [0.1, 0.15) is 0 Å². The van der Waals surface area contributed by atoms with Gasteiger partial charge in [-0.1, -0.05) is 12.1 Å². The van der Waals surface area contributed by atoms with E-state index in [1.165, 1.54) is 12.3 Å². The normalized spacial score (nSPS) is 10.1. The summed E-state index contributed by atoms with van der Waals surface area (Å²) in [4.78, 5) is 15.4. The van der Waals surface area contributed by atoms with Crippen LogP contribution in [0.2, 0.25) is 0 Å². The zero-order chi connectivity index (χ0) is 13.0. The summed E-state index contributed by atoms with van der Waals surface area (Å²) < 4.78 is 13.3. The predicted octanol–water partition coefficient (Wildman–Crippen LogP) is 3.21. The topological polar surface area (TPSA) is 42.0 Å². The van der Waals surface area contributed by atoms with Crippen LogP contribution in [0.4, 0.5) is 10.1 Å². The van der Waals surface area contributed by atoms with Crippen molar-refractivity contribution in [2.75, 3.05) is 5.32 Å². The molecular weight excluding hydrogens is 255 g/mol. The second-order valence-electron chi connectivity index (χ2n) is 3.64. The number of benzene rings is 1. The van der Waals surface area contributed by atoms with Gasteiger partial charge < -0.3 is 5.32 Å². The van der Waals surface area contributed by atoms with Gasteiger partial charge in [-0.15, -0.1) is 11.6 Å². The summed E-state index contributed by atoms with van der Waals surface area (Å²) in [5.74, 6) is -0.742. The molecule has 1 aromatic carbocycles. The molecule has 18 heavy (non-hydrogen) atoms. The van der Waals surface area contributed by atoms with Gasteiger partial charge in [-0.3, -0.25) is 9.78 Å². The van der Waals surface area contributed by atoms with Crippen LogP contribution in [-0.4, -0.2) is 10.9 Å². The number of hydrogen-bond donors (Lipinski definition) is 1. The number of halogens is 2. The Morgan fingerprint density at radius 3 is 2.61 bits per heavy atom. The molecule has 0 radical (unpaired) electrons. The molecule has 0 bridgehead atoms. The number of anilines is 1. The average molecular weight is 265 g/mol. The van der Waals surface area contributed by atoms with Crippen molar-refractivity contribution >= 4 is 23.2 Å². The number of hydrogen-bond acceptors (Lipinski definition) is 2. The Kier molecular flexibility index (Phi) is 3.89. The van der Waals surface area contributed by atoms with E-state index in [0.717, 1.165) is 11.8 Å². The fourth-order valence-electron chi connectivity index (χ4n) is 1.43. The van der Waals surface area contributed by atoms with E-state index >= 15 is 0 Å². The Bertz CT molecular complexity index is 557. The summed E-state index contributed by atoms with van der Waals surface area (Å²) in [5, 5.41) is 2.60. The van der Waals surface area contributed by atoms with Crippen molar-refractivity contribution in [2.24, 2.45) is 0 Å². The highest BCUT2D eigenvalue weighted by atomic mass is 35.5. The van der Waals surface area contributed by atoms with Gasteiger partial charge in [-0.05, 0) is 23.8 Å². The number of alkyl halides is 1. The number of nitrogens with one attached hydrogen (secondary N) is 1. The quantitative estimate of drug-likeness (QED) is 0.865. The van der Waals surface area contributed by atoms with Crippen LogP contribution in [0, 0.1) is 5.82 Å². The van der Waals surface area contributed by atoms with Crippen LogP contribution in [0.15, 0.2) is 42.7 Å². The van der Waals surface area contributed by atoms with Crippen LogP contribution < -0.4 is 5.32 Å². The largest absolute Gasteiger partial charge is 0.322 e. The molecule has 0 fully saturated rings. The molecule has 1 amide bonds. The van der Waals surface area contributed by atoms with Gasteiger partial charge in [0.15, 0.2) is 5.82 Å². The van der Waals surface area contributed by atoms with Crippen molar-refractivity contribution in [3.05, 3.63) is 59.7 Å². The fourth-order valence-corrected chi connectivity index (χ4v) is 1.61. The van der Waals surface area contributed by atoms with Crippen LogP contribution in [0.5, 0.6) is 0 Å². The lowest BCUT2D eigenvalue weighted by atomic mass is 10.2. The predicted molar refractivity (Wildman–Crippen MR) is 68.1 cm³/mol. The molecule has 2 rings (SSSR count). The smallest absolute Gasteiger partial charge is 0.258 e. The summed E-state index contributed by atoms with van der Waals surface area (Å²) in [6.07, 6.45) is 2.38. The van der Waals surface area contributed by atoms with Crippen LogP contribution in [0.25, 0.3) is 0 Å². The van der Waals surface area contributed by atoms with Crippen molar-refractivity contribution < 1.29 is 9.18 Å². The van der Waals surface area contributed by atoms with E-state index in [9.17, 15) is 9.18 Å². The number of carbonyl (C=O) groups is 1. The summed E-state index contributed by atoms with van der Waals surface area (Å²) in [7, 11) is 0. The lowest BCUT2D eigenvalue weighted by Gasteiger charge is -2.06. The molecular formula is C13H10ClFN2O. The summed E-state index contributed by atoms with van der Waals surface area (Å²) in [5.41, 5.74) is 1.50. The first kappa shape index (κ1) is 12.5. The number of amides is 1. The van der Waals surface area contributed by atoms with E-state index in [1.54, 1.807) is 24.3 Å². The Balaban J connectivity index is 2.14. The van der Waals surface area contributed by atoms with Crippen LogP contribution in [0.3, 0.4) is 0 Å². The lowest BCUT2D eigenvalue weighted by Crippen LogP contribution is -2.13. The van der Waals surface area contributed by atoms with Gasteiger partial charge in [0.2, 0.25) is 0 Å². The number of rotatable bonds is 3. The molecule has 1 N–H and O–H groups in total. The van der Waals surface area contributed by atoms with E-state index in [0.29, 0.717) is 11.6 Å². The summed E-state index contributed by atoms with van der Waals surface area (Å²) in [6, 6.07) is 8.36. The van der Waals surface area contributed by atoms with Crippen molar-refractivity contribution in [3.8, 4) is 0 Å². The summed E-state index contributed by atoms with van der Waals surface area (Å²) in [6.45, 7) is 0. The highest BCUT2D eigenvalue weighted by Gasteiger charge is 2.11. The first-order valence-electron chi connectivity index (χ1n) is 5.26. The highest BCUT2D eigenvalue weighted by Crippen LogP contribution is 2.13. The molecule has 0 atom stereocenters. The van der Waals surface area contributed by atoms with Gasteiger partial charge in [0.05, 0.1) is 11.8 Å². The Hall–Kier alpha value is -1.94. The zero-order valence-corrected chi connectivity index (χ0v) is 10.1. The highest BCUT2D eigenvalue weighted by molar-refractivity contribution is 6.17. The lowest BCUT2D eigenvalue weighted by molar-refractivity contribution is 0.102. The molecule has 0 saturated heterocycles. The van der Waals surface area contributed by atoms with Gasteiger partial charge in [0.25, 0.3) is 5.91 Å². The van der Waals surface area contributed by atoms with E-state index in [-0.39, 0.29) is 5.56 Å². The minimum Gasteiger partial charge on any atom is -0.322 e. The van der Waals surface area contributed by atoms with Gasteiger partial charge >= 0.3 is 0 Å². The van der Waals surface area contributed by atoms with E-state index in [1.807, 2.05) is 0 Å². The average Bonchev–Trinajstić information content (AvgIpc) is 2.40. The van der Waals surface area contributed by atoms with Crippen molar-refractivity contribution in [2.45, 2.75) is 5.88 Å². The number of nitrogens with zero attached hydrogens (tertiary/aromatic N) is 1. The van der Waals surface area contributed by atoms with E-state index < -0.39 is 11.7 Å². The van der Waals surface area contributed by atoms with Crippen LogP contribution in [0.1, 0.15) is 15.9 Å². The van der Waals surface area contributed by atoms with Crippen LogP contribution >= 0.6 is 11.6 Å². The molecule has 0 aliphatic rings. The third kappa shape index (κ3) is 2.84. The number of carbonyl (C=O) groups excluding carboxylic acids is 1. The van der Waals surface area contributed by atoms with Crippen molar-refractivity contribution in [1.82, 2.24) is 4.98 Å². The third-order valence-electron chi connectivity index (χ3n) is 2.38. The Morgan fingerprint density at radius 2 is 2.00 bits per heavy atom. The minimum absolute atomic E-state index is 0.0357. The van der Waals surface area contributed by atoms with Gasteiger partial charge in [-0.25, -0.2) is 4.39 Å². The molecule has 5 heteroatoms. The Morgan fingerprint density at radius 1 is 1.28 bits per heavy atom. The number of aromatic nitrogens is 1. The maximum Gasteiger partial charge on any atom is 0.258 e. The fraction of sp³-hybridized carbons (Fsp3) is 0.0769. The molecule has 0 saturated carbocycles. The first-order valence-corrected chi connectivity index (χ1v) is 5.80. The molecule has 0 aliphatic heterocycles. The molecule has 3 nitrogen and oxygen atoms in total. The molecule has 1 aromatic heterocycles. The van der Waals surface area contributed by atoms with Crippen molar-refractivity contribution in [3.63, 3.8) is 0 Å². The molecule has 1 heterocycles. The second-order valence-corrected chi connectivity index (χ2v) is 3.91. The molecule has 92 valence electrons. The van der Waals surface area contributed by atoms with Gasteiger partial charge in [-0.2, -0.15) is 0 Å². The third-order valence-corrected chi connectivity index (χ3v) is 2.69. The molecule has 0 aliphatic carbocycles. The second kappa shape index (κ2) is 5.60.